The molecule has 0 saturated carbocycles. The second kappa shape index (κ2) is 11.5. The number of amides is 2. The van der Waals surface area contributed by atoms with Crippen molar-refractivity contribution < 1.29 is 24.2 Å². The number of ether oxygens (including phenoxy) is 1. The first-order valence-electron chi connectivity index (χ1n) is 11.8. The number of rotatable bonds is 10. The SMILES string of the molecule is CN(Cc1ccccc1)CC(NC(=O)OCC1c2ccccc2-c2ccccc21)C(=O)NCC(=O)O. The van der Waals surface area contributed by atoms with E-state index in [1.807, 2.05) is 78.7 Å². The molecular weight excluding hydrogens is 458 g/mol. The van der Waals surface area contributed by atoms with E-state index in [0.29, 0.717) is 6.54 Å². The number of aliphatic carboxylic acids is 1. The predicted octanol–water partition coefficient (Wildman–Crippen LogP) is 3.23. The summed E-state index contributed by atoms with van der Waals surface area (Å²) in [5.41, 5.74) is 5.46. The molecule has 3 aromatic rings. The Morgan fingerprint density at radius 3 is 2.11 bits per heavy atom. The molecule has 0 radical (unpaired) electrons. The van der Waals surface area contributed by atoms with Crippen LogP contribution in [0.2, 0.25) is 0 Å². The molecule has 8 nitrogen and oxygen atoms in total. The van der Waals surface area contributed by atoms with Crippen molar-refractivity contribution in [1.82, 2.24) is 15.5 Å². The third-order valence-corrected chi connectivity index (χ3v) is 6.16. The fourth-order valence-electron chi connectivity index (χ4n) is 4.53. The quantitative estimate of drug-likeness (QED) is 0.405. The van der Waals surface area contributed by atoms with Gasteiger partial charge in [0.25, 0.3) is 0 Å². The van der Waals surface area contributed by atoms with E-state index >= 15 is 0 Å². The Kier molecular flexibility index (Phi) is 7.97. The lowest BCUT2D eigenvalue weighted by Gasteiger charge is -2.24. The molecule has 186 valence electrons. The molecule has 8 heteroatoms. The number of likely N-dealkylation sites (N-methyl/N-ethyl adjacent to an activating group) is 1. The lowest BCUT2D eigenvalue weighted by Crippen LogP contribution is -2.53. The molecule has 36 heavy (non-hydrogen) atoms. The van der Waals surface area contributed by atoms with Gasteiger partial charge in [0.15, 0.2) is 0 Å². The van der Waals surface area contributed by atoms with E-state index < -0.39 is 30.6 Å². The Balaban J connectivity index is 1.41. The van der Waals surface area contributed by atoms with Crippen LogP contribution in [0.4, 0.5) is 4.79 Å². The first kappa shape index (κ1) is 24.9. The van der Waals surface area contributed by atoms with Crippen LogP contribution in [-0.2, 0) is 20.9 Å². The fraction of sp³-hybridized carbons (Fsp3) is 0.250. The van der Waals surface area contributed by atoms with E-state index in [9.17, 15) is 14.4 Å². The maximum absolute atomic E-state index is 12.8. The fourth-order valence-corrected chi connectivity index (χ4v) is 4.53. The average Bonchev–Trinajstić information content (AvgIpc) is 3.20. The summed E-state index contributed by atoms with van der Waals surface area (Å²) in [5.74, 6) is -1.87. The highest BCUT2D eigenvalue weighted by molar-refractivity contribution is 5.88. The second-order valence-corrected chi connectivity index (χ2v) is 8.82. The van der Waals surface area contributed by atoms with Gasteiger partial charge in [0.2, 0.25) is 5.91 Å². The Labute approximate surface area is 209 Å². The van der Waals surface area contributed by atoms with Crippen LogP contribution in [0.15, 0.2) is 78.9 Å². The molecule has 0 spiro atoms. The normalized spacial score (nSPS) is 12.9. The van der Waals surface area contributed by atoms with Crippen LogP contribution in [0.5, 0.6) is 0 Å². The van der Waals surface area contributed by atoms with Gasteiger partial charge in [0.05, 0.1) is 0 Å². The van der Waals surface area contributed by atoms with Crippen molar-refractivity contribution in [2.75, 3.05) is 26.7 Å². The third kappa shape index (κ3) is 6.09. The average molecular weight is 488 g/mol. The standard InChI is InChI=1S/C28H29N3O5/c1-31(16-19-9-3-2-4-10-19)17-25(27(34)29-15-26(32)33)30-28(35)36-18-24-22-13-7-5-11-20(22)21-12-6-8-14-23(21)24/h2-14,24-25H,15-18H2,1H3,(H,29,34)(H,30,35)(H,32,33). The van der Waals surface area contributed by atoms with E-state index in [4.69, 9.17) is 9.84 Å². The first-order valence-corrected chi connectivity index (χ1v) is 11.8. The number of benzene rings is 3. The van der Waals surface area contributed by atoms with Crippen LogP contribution in [-0.4, -0.2) is 60.8 Å². The van der Waals surface area contributed by atoms with Crippen molar-refractivity contribution in [2.24, 2.45) is 0 Å². The number of nitrogens with one attached hydrogen (secondary N) is 2. The molecule has 2 amide bonds. The summed E-state index contributed by atoms with van der Waals surface area (Å²) in [4.78, 5) is 38.3. The monoisotopic (exact) mass is 487 g/mol. The molecule has 3 N–H and O–H groups in total. The molecule has 1 unspecified atom stereocenters. The van der Waals surface area contributed by atoms with E-state index in [0.717, 1.165) is 27.8 Å². The van der Waals surface area contributed by atoms with Crippen molar-refractivity contribution in [3.05, 3.63) is 95.6 Å². The second-order valence-electron chi connectivity index (χ2n) is 8.82. The topological polar surface area (TPSA) is 108 Å². The summed E-state index contributed by atoms with van der Waals surface area (Å²) in [6.07, 6.45) is -0.736. The smallest absolute Gasteiger partial charge is 0.407 e. The van der Waals surface area contributed by atoms with E-state index in [1.54, 1.807) is 0 Å². The van der Waals surface area contributed by atoms with Gasteiger partial charge in [-0.15, -0.1) is 0 Å². The van der Waals surface area contributed by atoms with Gasteiger partial charge in [-0.05, 0) is 34.9 Å². The van der Waals surface area contributed by atoms with Crippen LogP contribution in [0, 0.1) is 0 Å². The van der Waals surface area contributed by atoms with Gasteiger partial charge in [-0.3, -0.25) is 14.5 Å². The predicted molar refractivity (Wildman–Crippen MR) is 135 cm³/mol. The Hall–Kier alpha value is -4.17. The number of carboxylic acid groups (broad SMARTS) is 1. The van der Waals surface area contributed by atoms with Crippen molar-refractivity contribution in [1.29, 1.82) is 0 Å². The Bertz CT molecular complexity index is 1190. The minimum atomic E-state index is -1.17. The highest BCUT2D eigenvalue weighted by atomic mass is 16.5. The van der Waals surface area contributed by atoms with Gasteiger partial charge < -0.3 is 20.5 Å². The van der Waals surface area contributed by atoms with E-state index in [1.165, 1.54) is 0 Å². The molecule has 1 aliphatic rings. The van der Waals surface area contributed by atoms with Crippen molar-refractivity contribution in [2.45, 2.75) is 18.5 Å². The number of hydrogen-bond acceptors (Lipinski definition) is 5. The molecule has 0 fully saturated rings. The van der Waals surface area contributed by atoms with Gasteiger partial charge in [-0.1, -0.05) is 78.9 Å². The van der Waals surface area contributed by atoms with Gasteiger partial charge in [0.1, 0.15) is 19.2 Å². The summed E-state index contributed by atoms with van der Waals surface area (Å²) in [6.45, 7) is 0.299. The maximum Gasteiger partial charge on any atom is 0.407 e. The number of fused-ring (bicyclic) bond motifs is 3. The molecule has 1 atom stereocenters. The van der Waals surface area contributed by atoms with Gasteiger partial charge >= 0.3 is 12.1 Å². The minimum Gasteiger partial charge on any atom is -0.480 e. The third-order valence-electron chi connectivity index (χ3n) is 6.16. The number of alkyl carbamates (subject to hydrolysis) is 1. The summed E-state index contributed by atoms with van der Waals surface area (Å²) in [5, 5.41) is 13.9. The number of carbonyl (C=O) groups excluding carboxylic acids is 2. The lowest BCUT2D eigenvalue weighted by atomic mass is 9.98. The van der Waals surface area contributed by atoms with Crippen LogP contribution in [0.25, 0.3) is 11.1 Å². The lowest BCUT2D eigenvalue weighted by molar-refractivity contribution is -0.138. The molecule has 0 heterocycles. The summed E-state index contributed by atoms with van der Waals surface area (Å²) in [6, 6.07) is 24.8. The number of carbonyl (C=O) groups is 3. The highest BCUT2D eigenvalue weighted by Crippen LogP contribution is 2.44. The Morgan fingerprint density at radius 1 is 0.917 bits per heavy atom. The summed E-state index contributed by atoms with van der Waals surface area (Å²) >= 11 is 0. The van der Waals surface area contributed by atoms with E-state index in [2.05, 4.69) is 22.8 Å². The van der Waals surface area contributed by atoms with Crippen molar-refractivity contribution in [3.63, 3.8) is 0 Å². The molecular formula is C28H29N3O5. The first-order chi connectivity index (χ1) is 17.4. The van der Waals surface area contributed by atoms with Gasteiger partial charge in [-0.2, -0.15) is 0 Å². The zero-order chi connectivity index (χ0) is 25.5. The van der Waals surface area contributed by atoms with E-state index in [-0.39, 0.29) is 19.1 Å². The minimum absolute atomic E-state index is 0.108. The van der Waals surface area contributed by atoms with Gasteiger partial charge in [0, 0.05) is 19.0 Å². The van der Waals surface area contributed by atoms with Crippen molar-refractivity contribution in [3.8, 4) is 11.1 Å². The molecule has 0 saturated heterocycles. The van der Waals surface area contributed by atoms with Crippen LogP contribution < -0.4 is 10.6 Å². The molecule has 4 rings (SSSR count). The number of hydrogen-bond donors (Lipinski definition) is 3. The highest BCUT2D eigenvalue weighted by Gasteiger charge is 2.30. The van der Waals surface area contributed by atoms with Crippen LogP contribution in [0.1, 0.15) is 22.6 Å². The number of nitrogens with zero attached hydrogens (tertiary/aromatic N) is 1. The van der Waals surface area contributed by atoms with Crippen LogP contribution in [0.3, 0.4) is 0 Å². The Morgan fingerprint density at radius 2 is 1.50 bits per heavy atom. The summed E-state index contributed by atoms with van der Waals surface area (Å²) in [7, 11) is 1.82. The molecule has 0 aliphatic heterocycles. The maximum atomic E-state index is 12.8. The van der Waals surface area contributed by atoms with Crippen LogP contribution >= 0.6 is 0 Å². The van der Waals surface area contributed by atoms with Gasteiger partial charge in [-0.25, -0.2) is 4.79 Å². The molecule has 0 aromatic heterocycles. The zero-order valence-corrected chi connectivity index (χ0v) is 20.0. The number of carboxylic acids is 1. The molecule has 1 aliphatic carbocycles. The van der Waals surface area contributed by atoms with Crippen molar-refractivity contribution >= 4 is 18.0 Å². The summed E-state index contributed by atoms with van der Waals surface area (Å²) < 4.78 is 5.58. The molecule has 3 aromatic carbocycles. The zero-order valence-electron chi connectivity index (χ0n) is 20.0. The molecule has 0 bridgehead atoms. The largest absolute Gasteiger partial charge is 0.480 e.